The highest BCUT2D eigenvalue weighted by Gasteiger charge is 2.59. The minimum atomic E-state index is -1.20. The van der Waals surface area contributed by atoms with Crippen LogP contribution in [0.25, 0.3) is 0 Å². The second-order valence-electron chi connectivity index (χ2n) is 8.59. The Balaban J connectivity index is 2.06. The lowest BCUT2D eigenvalue weighted by Gasteiger charge is -2.52. The van der Waals surface area contributed by atoms with E-state index in [1.54, 1.807) is 6.92 Å². The zero-order chi connectivity index (χ0) is 19.3. The Labute approximate surface area is 156 Å². The third-order valence-corrected chi connectivity index (χ3v) is 6.28. The van der Waals surface area contributed by atoms with E-state index in [-0.39, 0.29) is 18.2 Å². The molecule has 1 aliphatic heterocycles. The van der Waals surface area contributed by atoms with Crippen LogP contribution in [0.15, 0.2) is 22.8 Å². The molecular formula is C21H32O5. The fourth-order valence-electron chi connectivity index (χ4n) is 5.00. The first-order chi connectivity index (χ1) is 12.1. The molecule has 3 rings (SSSR count). The zero-order valence-electron chi connectivity index (χ0n) is 16.8. The van der Waals surface area contributed by atoms with Gasteiger partial charge in [-0.15, -0.1) is 0 Å². The molecule has 146 valence electrons. The summed E-state index contributed by atoms with van der Waals surface area (Å²) in [6.07, 6.45) is 4.69. The van der Waals surface area contributed by atoms with Crippen LogP contribution in [0, 0.1) is 5.41 Å². The molecule has 0 aromatic rings. The Bertz CT molecular complexity index is 649. The highest BCUT2D eigenvalue weighted by atomic mass is 16.8. The van der Waals surface area contributed by atoms with Gasteiger partial charge < -0.3 is 19.3 Å². The van der Waals surface area contributed by atoms with Crippen LogP contribution in [-0.2, 0) is 19.0 Å². The standard InChI is InChI=1S/C21H32O5/c1-7-24-18(22)16-9-8-10-17(16)21(23)13(2)11-20(12-19(21,5)6)25-14(3)15(4)26-20/h11,14-15,23H,7-10,12H2,1-6H3. The summed E-state index contributed by atoms with van der Waals surface area (Å²) in [4.78, 5) is 12.4. The predicted octanol–water partition coefficient (Wildman–Crippen LogP) is 3.66. The number of carbonyl (C=O) groups excluding carboxylic acids is 1. The van der Waals surface area contributed by atoms with Crippen LogP contribution < -0.4 is 0 Å². The first kappa shape index (κ1) is 19.6. The lowest BCUT2D eigenvalue weighted by Crippen LogP contribution is -2.55. The van der Waals surface area contributed by atoms with E-state index in [1.165, 1.54) is 0 Å². The van der Waals surface area contributed by atoms with Gasteiger partial charge >= 0.3 is 5.97 Å². The molecule has 1 heterocycles. The van der Waals surface area contributed by atoms with E-state index >= 15 is 0 Å². The van der Waals surface area contributed by atoms with Gasteiger partial charge in [0.05, 0.1) is 18.8 Å². The number of hydrogen-bond acceptors (Lipinski definition) is 5. The number of rotatable bonds is 3. The SMILES string of the molecule is CCOC(=O)C1=C(C2(O)C(C)=CC3(CC2(C)C)OC(C)C(C)O3)CCC1. The Kier molecular flexibility index (Phi) is 4.87. The van der Waals surface area contributed by atoms with Crippen molar-refractivity contribution in [2.75, 3.05) is 6.61 Å². The maximum Gasteiger partial charge on any atom is 0.334 e. The zero-order valence-corrected chi connectivity index (χ0v) is 16.8. The fraction of sp³-hybridized carbons (Fsp3) is 0.762. The number of ether oxygens (including phenoxy) is 3. The summed E-state index contributed by atoms with van der Waals surface area (Å²) in [5.74, 6) is -1.10. The van der Waals surface area contributed by atoms with Crippen molar-refractivity contribution in [3.8, 4) is 0 Å². The van der Waals surface area contributed by atoms with Crippen molar-refractivity contribution in [3.05, 3.63) is 22.8 Å². The van der Waals surface area contributed by atoms with E-state index in [9.17, 15) is 9.90 Å². The average molecular weight is 364 g/mol. The van der Waals surface area contributed by atoms with Crippen LogP contribution in [-0.4, -0.2) is 41.3 Å². The molecule has 0 bridgehead atoms. The van der Waals surface area contributed by atoms with E-state index < -0.39 is 16.8 Å². The van der Waals surface area contributed by atoms with E-state index in [1.807, 2.05) is 40.7 Å². The van der Waals surface area contributed by atoms with Crippen LogP contribution >= 0.6 is 0 Å². The van der Waals surface area contributed by atoms with Crippen molar-refractivity contribution in [1.29, 1.82) is 0 Å². The van der Waals surface area contributed by atoms with Gasteiger partial charge in [-0.3, -0.25) is 0 Å². The van der Waals surface area contributed by atoms with Crippen molar-refractivity contribution >= 4 is 5.97 Å². The van der Waals surface area contributed by atoms with Crippen LogP contribution in [0.1, 0.15) is 67.2 Å². The maximum absolute atomic E-state index is 12.4. The van der Waals surface area contributed by atoms with Gasteiger partial charge in [-0.05, 0) is 64.2 Å². The van der Waals surface area contributed by atoms with Crippen molar-refractivity contribution in [3.63, 3.8) is 0 Å². The van der Waals surface area contributed by atoms with E-state index in [4.69, 9.17) is 14.2 Å². The highest BCUT2D eigenvalue weighted by Crippen LogP contribution is 2.56. The molecule has 5 nitrogen and oxygen atoms in total. The topological polar surface area (TPSA) is 65.0 Å². The molecule has 5 heteroatoms. The number of hydrogen-bond donors (Lipinski definition) is 1. The van der Waals surface area contributed by atoms with E-state index in [0.29, 0.717) is 31.4 Å². The Hall–Kier alpha value is -1.17. The van der Waals surface area contributed by atoms with E-state index in [0.717, 1.165) is 17.6 Å². The second kappa shape index (κ2) is 6.47. The second-order valence-corrected chi connectivity index (χ2v) is 8.59. The molecular weight excluding hydrogens is 332 g/mol. The van der Waals surface area contributed by atoms with Gasteiger partial charge in [-0.25, -0.2) is 4.79 Å². The molecule has 0 radical (unpaired) electrons. The first-order valence-electron chi connectivity index (χ1n) is 9.74. The third-order valence-electron chi connectivity index (χ3n) is 6.28. The summed E-state index contributed by atoms with van der Waals surface area (Å²) in [6, 6.07) is 0. The number of aliphatic hydroxyl groups is 1. The molecule has 1 saturated heterocycles. The summed E-state index contributed by atoms with van der Waals surface area (Å²) < 4.78 is 17.6. The normalized spacial score (nSPS) is 39.4. The summed E-state index contributed by atoms with van der Waals surface area (Å²) >= 11 is 0. The molecule has 3 aliphatic rings. The quantitative estimate of drug-likeness (QED) is 0.612. The molecule has 3 unspecified atom stereocenters. The van der Waals surface area contributed by atoms with Crippen LogP contribution in [0.3, 0.4) is 0 Å². The molecule has 0 saturated carbocycles. The van der Waals surface area contributed by atoms with Gasteiger partial charge in [0, 0.05) is 17.4 Å². The number of esters is 1. The third kappa shape index (κ3) is 2.85. The van der Waals surface area contributed by atoms with Gasteiger partial charge in [-0.1, -0.05) is 13.8 Å². The van der Waals surface area contributed by atoms with Crippen LogP contribution in [0.5, 0.6) is 0 Å². The summed E-state index contributed by atoms with van der Waals surface area (Å²) in [5.41, 5.74) is 0.490. The van der Waals surface area contributed by atoms with E-state index in [2.05, 4.69) is 0 Å². The van der Waals surface area contributed by atoms with Gasteiger partial charge in [0.2, 0.25) is 0 Å². The summed E-state index contributed by atoms with van der Waals surface area (Å²) in [7, 11) is 0. The van der Waals surface area contributed by atoms with Crippen molar-refractivity contribution in [2.24, 2.45) is 5.41 Å². The fourth-order valence-corrected chi connectivity index (χ4v) is 5.00. The van der Waals surface area contributed by atoms with Crippen molar-refractivity contribution in [1.82, 2.24) is 0 Å². The molecule has 3 atom stereocenters. The minimum absolute atomic E-state index is 0.00170. The molecule has 2 aliphatic carbocycles. The maximum atomic E-state index is 12.4. The summed E-state index contributed by atoms with van der Waals surface area (Å²) in [6.45, 7) is 12.1. The first-order valence-corrected chi connectivity index (χ1v) is 9.74. The molecule has 26 heavy (non-hydrogen) atoms. The molecule has 0 aromatic heterocycles. The Morgan fingerprint density at radius 2 is 1.88 bits per heavy atom. The molecule has 1 fully saturated rings. The van der Waals surface area contributed by atoms with Crippen LogP contribution in [0.4, 0.5) is 0 Å². The molecule has 0 amide bonds. The van der Waals surface area contributed by atoms with Gasteiger partial charge in [0.15, 0.2) is 5.79 Å². The van der Waals surface area contributed by atoms with Gasteiger partial charge in [-0.2, -0.15) is 0 Å². The monoisotopic (exact) mass is 364 g/mol. The Morgan fingerprint density at radius 3 is 2.42 bits per heavy atom. The van der Waals surface area contributed by atoms with Gasteiger partial charge in [0.1, 0.15) is 5.60 Å². The minimum Gasteiger partial charge on any atom is -0.463 e. The predicted molar refractivity (Wildman–Crippen MR) is 98.4 cm³/mol. The number of carbonyl (C=O) groups is 1. The van der Waals surface area contributed by atoms with Crippen molar-refractivity contribution in [2.45, 2.75) is 90.8 Å². The van der Waals surface area contributed by atoms with Crippen LogP contribution in [0.2, 0.25) is 0 Å². The smallest absolute Gasteiger partial charge is 0.334 e. The largest absolute Gasteiger partial charge is 0.463 e. The summed E-state index contributed by atoms with van der Waals surface area (Å²) in [5, 5.41) is 11.9. The highest BCUT2D eigenvalue weighted by molar-refractivity contribution is 5.90. The van der Waals surface area contributed by atoms with Gasteiger partial charge in [0.25, 0.3) is 0 Å². The lowest BCUT2D eigenvalue weighted by atomic mass is 9.60. The molecule has 1 spiro atoms. The average Bonchev–Trinajstić information content (AvgIpc) is 3.10. The molecule has 1 N–H and O–H groups in total. The Morgan fingerprint density at radius 1 is 1.27 bits per heavy atom. The lowest BCUT2D eigenvalue weighted by molar-refractivity contribution is -0.185. The van der Waals surface area contributed by atoms with Crippen molar-refractivity contribution < 1.29 is 24.1 Å². The molecule has 0 aromatic carbocycles.